The van der Waals surface area contributed by atoms with Gasteiger partial charge in [0.2, 0.25) is 0 Å². The standard InChI is InChI=1S/C14H22N2O2/c1-3-14(18)13-5-4-12(8-15-13)16-7-6-11(9-16)10(2)17/h4-5,8,10-11,14,17-18H,3,6-7,9H2,1-2H3/t10?,11?,14-/m0/s1. The summed E-state index contributed by atoms with van der Waals surface area (Å²) in [5.41, 5.74) is 1.80. The Hall–Kier alpha value is -1.13. The highest BCUT2D eigenvalue weighted by atomic mass is 16.3. The molecule has 0 radical (unpaired) electrons. The molecule has 0 aromatic carbocycles. The van der Waals surface area contributed by atoms with Crippen LogP contribution in [-0.2, 0) is 0 Å². The minimum Gasteiger partial charge on any atom is -0.393 e. The molecule has 3 atom stereocenters. The van der Waals surface area contributed by atoms with Crippen LogP contribution >= 0.6 is 0 Å². The molecule has 1 saturated heterocycles. The summed E-state index contributed by atoms with van der Waals surface area (Å²) in [4.78, 5) is 6.55. The number of anilines is 1. The van der Waals surface area contributed by atoms with E-state index in [1.54, 1.807) is 0 Å². The molecule has 0 spiro atoms. The largest absolute Gasteiger partial charge is 0.393 e. The Bertz CT molecular complexity index is 378. The summed E-state index contributed by atoms with van der Waals surface area (Å²) in [6.07, 6.45) is 2.81. The molecule has 1 aliphatic rings. The van der Waals surface area contributed by atoms with Gasteiger partial charge in [0.05, 0.1) is 29.8 Å². The first-order valence-corrected chi connectivity index (χ1v) is 6.68. The minimum absolute atomic E-state index is 0.246. The number of aliphatic hydroxyl groups is 2. The molecule has 4 heteroatoms. The first kappa shape index (κ1) is 13.3. The molecule has 1 aliphatic heterocycles. The average Bonchev–Trinajstić information content (AvgIpc) is 2.88. The first-order chi connectivity index (χ1) is 8.61. The van der Waals surface area contributed by atoms with Crippen LogP contribution in [0.3, 0.4) is 0 Å². The summed E-state index contributed by atoms with van der Waals surface area (Å²) in [6, 6.07) is 3.89. The predicted molar refractivity (Wildman–Crippen MR) is 71.5 cm³/mol. The molecular weight excluding hydrogens is 228 g/mol. The molecule has 2 unspecified atom stereocenters. The fourth-order valence-corrected chi connectivity index (χ4v) is 2.41. The van der Waals surface area contributed by atoms with E-state index >= 15 is 0 Å². The lowest BCUT2D eigenvalue weighted by molar-refractivity contribution is 0.136. The van der Waals surface area contributed by atoms with E-state index in [2.05, 4.69) is 9.88 Å². The summed E-state index contributed by atoms with van der Waals surface area (Å²) in [5, 5.41) is 19.3. The van der Waals surface area contributed by atoms with E-state index in [0.29, 0.717) is 12.3 Å². The van der Waals surface area contributed by atoms with Crippen molar-refractivity contribution in [2.24, 2.45) is 5.92 Å². The number of hydrogen-bond acceptors (Lipinski definition) is 4. The number of hydrogen-bond donors (Lipinski definition) is 2. The van der Waals surface area contributed by atoms with Gasteiger partial charge in [-0.3, -0.25) is 4.98 Å². The third kappa shape index (κ3) is 2.82. The zero-order valence-electron chi connectivity index (χ0n) is 11.1. The molecular formula is C14H22N2O2. The van der Waals surface area contributed by atoms with Crippen molar-refractivity contribution < 1.29 is 10.2 Å². The average molecular weight is 250 g/mol. The Morgan fingerprint density at radius 1 is 1.44 bits per heavy atom. The number of aliphatic hydroxyl groups excluding tert-OH is 2. The normalized spacial score (nSPS) is 23.1. The lowest BCUT2D eigenvalue weighted by atomic mass is 10.0. The summed E-state index contributed by atoms with van der Waals surface area (Å²) in [6.45, 7) is 5.64. The van der Waals surface area contributed by atoms with Gasteiger partial charge in [0, 0.05) is 19.0 Å². The quantitative estimate of drug-likeness (QED) is 0.854. The van der Waals surface area contributed by atoms with Gasteiger partial charge < -0.3 is 15.1 Å². The Kier molecular flexibility index (Phi) is 4.19. The fraction of sp³-hybridized carbons (Fsp3) is 0.643. The van der Waals surface area contributed by atoms with Crippen LogP contribution in [0.15, 0.2) is 18.3 Å². The summed E-state index contributed by atoms with van der Waals surface area (Å²) in [5.74, 6) is 0.353. The van der Waals surface area contributed by atoms with E-state index in [0.717, 1.165) is 30.9 Å². The van der Waals surface area contributed by atoms with Gasteiger partial charge in [-0.05, 0) is 31.9 Å². The van der Waals surface area contributed by atoms with Gasteiger partial charge in [0.25, 0.3) is 0 Å². The summed E-state index contributed by atoms with van der Waals surface area (Å²) in [7, 11) is 0. The van der Waals surface area contributed by atoms with Crippen molar-refractivity contribution in [1.29, 1.82) is 0 Å². The third-order valence-electron chi connectivity index (χ3n) is 3.77. The molecule has 1 aromatic rings. The predicted octanol–water partition coefficient (Wildman–Crippen LogP) is 1.73. The topological polar surface area (TPSA) is 56.6 Å². The minimum atomic E-state index is -0.470. The Morgan fingerprint density at radius 3 is 2.72 bits per heavy atom. The molecule has 100 valence electrons. The molecule has 1 aromatic heterocycles. The molecule has 0 bridgehead atoms. The van der Waals surface area contributed by atoms with Gasteiger partial charge in [0.1, 0.15) is 0 Å². The fourth-order valence-electron chi connectivity index (χ4n) is 2.41. The molecule has 18 heavy (non-hydrogen) atoms. The lowest BCUT2D eigenvalue weighted by Crippen LogP contribution is -2.24. The van der Waals surface area contributed by atoms with Crippen molar-refractivity contribution in [1.82, 2.24) is 4.98 Å². The van der Waals surface area contributed by atoms with Gasteiger partial charge in [-0.2, -0.15) is 0 Å². The van der Waals surface area contributed by atoms with Gasteiger partial charge in [0.15, 0.2) is 0 Å². The number of nitrogens with zero attached hydrogens (tertiary/aromatic N) is 2. The number of pyridine rings is 1. The maximum absolute atomic E-state index is 9.69. The second-order valence-electron chi connectivity index (χ2n) is 5.10. The van der Waals surface area contributed by atoms with E-state index in [4.69, 9.17) is 0 Å². The first-order valence-electron chi connectivity index (χ1n) is 6.68. The van der Waals surface area contributed by atoms with Gasteiger partial charge >= 0.3 is 0 Å². The van der Waals surface area contributed by atoms with Crippen molar-refractivity contribution >= 4 is 5.69 Å². The Balaban J connectivity index is 2.02. The van der Waals surface area contributed by atoms with Crippen molar-refractivity contribution in [3.8, 4) is 0 Å². The molecule has 0 aliphatic carbocycles. The third-order valence-corrected chi connectivity index (χ3v) is 3.77. The second kappa shape index (κ2) is 5.67. The number of aromatic nitrogens is 1. The highest BCUT2D eigenvalue weighted by Crippen LogP contribution is 2.26. The van der Waals surface area contributed by atoms with Crippen LogP contribution < -0.4 is 4.90 Å². The number of rotatable bonds is 4. The van der Waals surface area contributed by atoms with E-state index in [1.807, 2.05) is 32.2 Å². The smallest absolute Gasteiger partial charge is 0.0957 e. The molecule has 4 nitrogen and oxygen atoms in total. The van der Waals surface area contributed by atoms with E-state index in [1.165, 1.54) is 0 Å². The van der Waals surface area contributed by atoms with Gasteiger partial charge in [-0.15, -0.1) is 0 Å². The van der Waals surface area contributed by atoms with Crippen LogP contribution in [0.2, 0.25) is 0 Å². The van der Waals surface area contributed by atoms with Gasteiger partial charge in [-0.25, -0.2) is 0 Å². The highest BCUT2D eigenvalue weighted by Gasteiger charge is 2.26. The molecule has 2 N–H and O–H groups in total. The van der Waals surface area contributed by atoms with Crippen LogP contribution in [0.5, 0.6) is 0 Å². The van der Waals surface area contributed by atoms with Crippen LogP contribution in [0.1, 0.15) is 38.5 Å². The van der Waals surface area contributed by atoms with E-state index in [-0.39, 0.29) is 6.10 Å². The van der Waals surface area contributed by atoms with Crippen molar-refractivity contribution in [3.63, 3.8) is 0 Å². The van der Waals surface area contributed by atoms with E-state index < -0.39 is 6.10 Å². The Labute approximate surface area is 108 Å². The van der Waals surface area contributed by atoms with Crippen molar-refractivity contribution in [2.45, 2.75) is 38.9 Å². The lowest BCUT2D eigenvalue weighted by Gasteiger charge is -2.20. The van der Waals surface area contributed by atoms with Gasteiger partial charge in [-0.1, -0.05) is 6.92 Å². The summed E-state index contributed by atoms with van der Waals surface area (Å²) < 4.78 is 0. The highest BCUT2D eigenvalue weighted by molar-refractivity contribution is 5.45. The molecule has 2 rings (SSSR count). The zero-order chi connectivity index (χ0) is 13.1. The van der Waals surface area contributed by atoms with Crippen LogP contribution in [0.25, 0.3) is 0 Å². The molecule has 0 amide bonds. The van der Waals surface area contributed by atoms with Crippen LogP contribution in [-0.4, -0.2) is 34.4 Å². The van der Waals surface area contributed by atoms with E-state index in [9.17, 15) is 10.2 Å². The molecule has 2 heterocycles. The molecule has 1 fully saturated rings. The van der Waals surface area contributed by atoms with Crippen LogP contribution in [0.4, 0.5) is 5.69 Å². The second-order valence-corrected chi connectivity index (χ2v) is 5.10. The SMILES string of the molecule is CC[C@H](O)c1ccc(N2CCC(C(C)O)C2)cn1. The maximum atomic E-state index is 9.69. The summed E-state index contributed by atoms with van der Waals surface area (Å²) >= 11 is 0. The Morgan fingerprint density at radius 2 is 2.22 bits per heavy atom. The van der Waals surface area contributed by atoms with Crippen LogP contribution in [0, 0.1) is 5.92 Å². The molecule has 0 saturated carbocycles. The van der Waals surface area contributed by atoms with Crippen molar-refractivity contribution in [3.05, 3.63) is 24.0 Å². The maximum Gasteiger partial charge on any atom is 0.0957 e. The van der Waals surface area contributed by atoms with Crippen molar-refractivity contribution in [2.75, 3.05) is 18.0 Å². The monoisotopic (exact) mass is 250 g/mol. The zero-order valence-corrected chi connectivity index (χ0v) is 11.1.